The van der Waals surface area contributed by atoms with Crippen molar-refractivity contribution in [3.63, 3.8) is 0 Å². The minimum absolute atomic E-state index is 0.141. The Morgan fingerprint density at radius 3 is 2.71 bits per heavy atom. The van der Waals surface area contributed by atoms with Crippen molar-refractivity contribution in [1.29, 1.82) is 0 Å². The summed E-state index contributed by atoms with van der Waals surface area (Å²) in [6, 6.07) is 0. The summed E-state index contributed by atoms with van der Waals surface area (Å²) >= 11 is 0. The van der Waals surface area contributed by atoms with Gasteiger partial charge in [0.05, 0.1) is 24.1 Å². The van der Waals surface area contributed by atoms with Crippen molar-refractivity contribution in [2.75, 3.05) is 17.8 Å². The monoisotopic (exact) mass is 312 g/mol. The molecule has 0 aliphatic carbocycles. The normalized spacial score (nSPS) is 11.8. The number of nitrogens with zero attached hydrogens (tertiary/aromatic N) is 4. The second-order valence-electron chi connectivity index (χ2n) is 4.70. The van der Waals surface area contributed by atoms with Crippen LogP contribution in [-0.4, -0.2) is 41.1 Å². The lowest BCUT2D eigenvalue weighted by Gasteiger charge is -2.04. The lowest BCUT2D eigenvalue weighted by molar-refractivity contribution is 0.564. The quantitative estimate of drug-likeness (QED) is 0.719. The van der Waals surface area contributed by atoms with Crippen molar-refractivity contribution in [2.24, 2.45) is 7.05 Å². The van der Waals surface area contributed by atoms with Crippen molar-refractivity contribution in [3.8, 4) is 0 Å². The zero-order valence-corrected chi connectivity index (χ0v) is 13.2. The average molecular weight is 312 g/mol. The summed E-state index contributed by atoms with van der Waals surface area (Å²) in [7, 11) is -1.90. The third-order valence-corrected chi connectivity index (χ3v) is 4.27. The fourth-order valence-electron chi connectivity index (χ4n) is 1.88. The zero-order chi connectivity index (χ0) is 15.5. The molecule has 116 valence electrons. The molecule has 0 spiro atoms. The largest absolute Gasteiger partial charge is 0.315 e. The van der Waals surface area contributed by atoms with Crippen LogP contribution in [0.5, 0.6) is 0 Å². The Morgan fingerprint density at radius 1 is 1.33 bits per heavy atom. The van der Waals surface area contributed by atoms with E-state index in [1.54, 1.807) is 29.5 Å². The number of hydrogen-bond donors (Lipinski definition) is 2. The number of hydrogen-bond acceptors (Lipinski definition) is 5. The molecule has 0 radical (unpaired) electrons. The summed E-state index contributed by atoms with van der Waals surface area (Å²) in [5.41, 5.74) is 1.10. The fraction of sp³-hybridized carbons (Fsp3) is 0.500. The van der Waals surface area contributed by atoms with Crippen molar-refractivity contribution >= 4 is 15.7 Å². The van der Waals surface area contributed by atoms with Gasteiger partial charge < -0.3 is 5.32 Å². The third kappa shape index (κ3) is 3.82. The summed E-state index contributed by atoms with van der Waals surface area (Å²) in [5.74, 6) is 0. The first-order chi connectivity index (χ1) is 9.92. The number of aryl methyl sites for hydroxylation is 2. The van der Waals surface area contributed by atoms with Crippen LogP contribution in [0.25, 0.3) is 0 Å². The molecule has 0 saturated heterocycles. The van der Waals surface area contributed by atoms with Crippen LogP contribution < -0.4 is 10.0 Å². The fourth-order valence-corrected chi connectivity index (χ4v) is 2.93. The van der Waals surface area contributed by atoms with Crippen LogP contribution in [0.15, 0.2) is 23.5 Å². The second-order valence-corrected chi connectivity index (χ2v) is 6.38. The molecule has 2 aromatic heterocycles. The Morgan fingerprint density at radius 2 is 2.10 bits per heavy atom. The van der Waals surface area contributed by atoms with Crippen LogP contribution in [0.3, 0.4) is 0 Å². The summed E-state index contributed by atoms with van der Waals surface area (Å²) in [5, 5.41) is 11.3. The summed E-state index contributed by atoms with van der Waals surface area (Å²) in [6.07, 6.45) is 4.49. The van der Waals surface area contributed by atoms with Crippen LogP contribution in [0.2, 0.25) is 0 Å². The third-order valence-electron chi connectivity index (χ3n) is 2.95. The van der Waals surface area contributed by atoms with E-state index in [0.717, 1.165) is 13.1 Å². The number of nitrogens with one attached hydrogen (secondary N) is 2. The molecule has 0 atom stereocenters. The molecule has 0 saturated carbocycles. The molecule has 2 heterocycles. The predicted octanol–water partition coefficient (Wildman–Crippen LogP) is 0.335. The van der Waals surface area contributed by atoms with Gasteiger partial charge >= 0.3 is 0 Å². The van der Waals surface area contributed by atoms with Crippen molar-refractivity contribution < 1.29 is 8.42 Å². The lowest BCUT2D eigenvalue weighted by atomic mass is 10.4. The highest BCUT2D eigenvalue weighted by molar-refractivity contribution is 7.92. The molecule has 2 N–H and O–H groups in total. The van der Waals surface area contributed by atoms with Gasteiger partial charge in [0.15, 0.2) is 0 Å². The van der Waals surface area contributed by atoms with Gasteiger partial charge in [0, 0.05) is 26.0 Å². The lowest BCUT2D eigenvalue weighted by Crippen LogP contribution is -2.19. The van der Waals surface area contributed by atoms with Gasteiger partial charge in [-0.25, -0.2) is 8.42 Å². The van der Waals surface area contributed by atoms with Gasteiger partial charge in [-0.05, 0) is 13.5 Å². The van der Waals surface area contributed by atoms with Gasteiger partial charge in [0.25, 0.3) is 10.0 Å². The van der Waals surface area contributed by atoms with E-state index in [-0.39, 0.29) is 4.90 Å². The van der Waals surface area contributed by atoms with Gasteiger partial charge in [0.1, 0.15) is 4.90 Å². The van der Waals surface area contributed by atoms with Gasteiger partial charge in [-0.2, -0.15) is 10.2 Å². The van der Waals surface area contributed by atoms with Crippen molar-refractivity contribution in [3.05, 3.63) is 24.3 Å². The smallest absolute Gasteiger partial charge is 0.265 e. The highest BCUT2D eigenvalue weighted by Crippen LogP contribution is 2.17. The van der Waals surface area contributed by atoms with Crippen LogP contribution in [0.1, 0.15) is 12.6 Å². The Balaban J connectivity index is 2.11. The first-order valence-corrected chi connectivity index (χ1v) is 8.17. The first-order valence-electron chi connectivity index (χ1n) is 6.68. The highest BCUT2D eigenvalue weighted by Gasteiger charge is 2.18. The van der Waals surface area contributed by atoms with Gasteiger partial charge in [-0.1, -0.05) is 6.92 Å². The molecule has 0 aliphatic heterocycles. The van der Waals surface area contributed by atoms with E-state index in [0.29, 0.717) is 17.9 Å². The molecule has 0 amide bonds. The van der Waals surface area contributed by atoms with Crippen LogP contribution >= 0.6 is 0 Å². The number of sulfonamides is 1. The Kier molecular flexibility index (Phi) is 4.63. The number of aromatic nitrogens is 4. The van der Waals surface area contributed by atoms with Crippen molar-refractivity contribution in [2.45, 2.75) is 25.3 Å². The van der Waals surface area contributed by atoms with Gasteiger partial charge in [0.2, 0.25) is 0 Å². The second kappa shape index (κ2) is 6.27. The molecular weight excluding hydrogens is 292 g/mol. The van der Waals surface area contributed by atoms with E-state index in [9.17, 15) is 8.42 Å². The molecule has 0 fully saturated rings. The minimum Gasteiger partial charge on any atom is -0.315 e. The maximum atomic E-state index is 12.3. The SMILES string of the molecule is CCNCCn1cc(S(=O)(=O)Nc2cn(C)nc2C)cn1. The summed E-state index contributed by atoms with van der Waals surface area (Å²) in [4.78, 5) is 0.141. The van der Waals surface area contributed by atoms with E-state index in [4.69, 9.17) is 0 Å². The van der Waals surface area contributed by atoms with E-state index < -0.39 is 10.0 Å². The predicted molar refractivity (Wildman–Crippen MR) is 79.5 cm³/mol. The molecule has 21 heavy (non-hydrogen) atoms. The topological polar surface area (TPSA) is 93.8 Å². The first kappa shape index (κ1) is 15.5. The molecule has 2 aromatic rings. The maximum Gasteiger partial charge on any atom is 0.265 e. The average Bonchev–Trinajstić information content (AvgIpc) is 2.98. The van der Waals surface area contributed by atoms with Gasteiger partial charge in [-0.15, -0.1) is 0 Å². The van der Waals surface area contributed by atoms with E-state index in [2.05, 4.69) is 20.2 Å². The standard InChI is InChI=1S/C12H20N6O2S/c1-4-13-5-6-18-8-11(7-14-18)21(19,20)16-12-9-17(3)15-10(12)2/h7-9,13,16H,4-6H2,1-3H3. The number of anilines is 1. The Labute approximate surface area is 124 Å². The molecule has 0 bridgehead atoms. The molecule has 2 rings (SSSR count). The van der Waals surface area contributed by atoms with Crippen LogP contribution in [-0.2, 0) is 23.6 Å². The van der Waals surface area contributed by atoms with Crippen LogP contribution in [0.4, 0.5) is 5.69 Å². The zero-order valence-electron chi connectivity index (χ0n) is 12.4. The molecule has 0 unspecified atom stereocenters. The molecule has 0 aromatic carbocycles. The highest BCUT2D eigenvalue weighted by atomic mass is 32.2. The summed E-state index contributed by atoms with van der Waals surface area (Å²) in [6.45, 7) is 5.99. The van der Waals surface area contributed by atoms with Gasteiger partial charge in [-0.3, -0.25) is 14.1 Å². The van der Waals surface area contributed by atoms with E-state index >= 15 is 0 Å². The molecular formula is C12H20N6O2S. The number of likely N-dealkylation sites (N-methyl/N-ethyl adjacent to an activating group) is 1. The Hall–Kier alpha value is -1.87. The molecule has 9 heteroatoms. The van der Waals surface area contributed by atoms with E-state index in [1.807, 2.05) is 6.92 Å². The van der Waals surface area contributed by atoms with Crippen LogP contribution in [0, 0.1) is 6.92 Å². The molecule has 0 aliphatic rings. The minimum atomic E-state index is -3.64. The summed E-state index contributed by atoms with van der Waals surface area (Å²) < 4.78 is 30.3. The maximum absolute atomic E-state index is 12.3. The number of rotatable bonds is 7. The van der Waals surface area contributed by atoms with Crippen molar-refractivity contribution in [1.82, 2.24) is 24.9 Å². The molecule has 8 nitrogen and oxygen atoms in total. The Bertz CT molecular complexity index is 703. The van der Waals surface area contributed by atoms with E-state index in [1.165, 1.54) is 12.4 Å².